The fourth-order valence-electron chi connectivity index (χ4n) is 1.38. The SMILES string of the molecule is CCOC(=O)N/N=C(\C)C(Br)C(Br)c1ccccc1. The standard InChI is InChI=1S/C13H16Br2N2O2/c1-3-19-13(18)17-16-9(2)11(14)12(15)10-7-5-4-6-8-10/h4-8,11-12H,3H2,1-2H3,(H,17,18)/b16-9+. The van der Waals surface area contributed by atoms with Gasteiger partial charge in [0.1, 0.15) is 0 Å². The molecule has 0 spiro atoms. The highest BCUT2D eigenvalue weighted by molar-refractivity contribution is 9.12. The van der Waals surface area contributed by atoms with Gasteiger partial charge in [-0.3, -0.25) is 0 Å². The Kier molecular flexibility index (Phi) is 7.09. The first-order valence-corrected chi connectivity index (χ1v) is 7.69. The Morgan fingerprint density at radius 1 is 1.37 bits per heavy atom. The van der Waals surface area contributed by atoms with Gasteiger partial charge < -0.3 is 4.74 Å². The first kappa shape index (κ1) is 16.2. The molecule has 104 valence electrons. The molecule has 0 aromatic heterocycles. The molecule has 1 aromatic rings. The first-order chi connectivity index (χ1) is 9.06. The van der Waals surface area contributed by atoms with Crippen molar-refractivity contribution >= 4 is 43.7 Å². The molecule has 0 radical (unpaired) electrons. The van der Waals surface area contributed by atoms with Gasteiger partial charge in [0.2, 0.25) is 0 Å². The largest absolute Gasteiger partial charge is 0.449 e. The summed E-state index contributed by atoms with van der Waals surface area (Å²) in [5.41, 5.74) is 4.23. The summed E-state index contributed by atoms with van der Waals surface area (Å²) in [5.74, 6) is 0. The van der Waals surface area contributed by atoms with E-state index in [2.05, 4.69) is 42.4 Å². The maximum atomic E-state index is 11.1. The highest BCUT2D eigenvalue weighted by Gasteiger charge is 2.20. The molecule has 2 atom stereocenters. The molecule has 1 amide bonds. The summed E-state index contributed by atoms with van der Waals surface area (Å²) >= 11 is 7.18. The Morgan fingerprint density at radius 3 is 2.58 bits per heavy atom. The van der Waals surface area contributed by atoms with Gasteiger partial charge >= 0.3 is 6.09 Å². The highest BCUT2D eigenvalue weighted by atomic mass is 79.9. The third-order valence-corrected chi connectivity index (χ3v) is 5.33. The predicted octanol–water partition coefficient (Wildman–Crippen LogP) is 4.01. The van der Waals surface area contributed by atoms with Crippen molar-refractivity contribution in [2.45, 2.75) is 23.5 Å². The van der Waals surface area contributed by atoms with Crippen LogP contribution in [0.15, 0.2) is 35.4 Å². The van der Waals surface area contributed by atoms with E-state index >= 15 is 0 Å². The number of amides is 1. The van der Waals surface area contributed by atoms with Crippen LogP contribution in [0.3, 0.4) is 0 Å². The second-order valence-electron chi connectivity index (χ2n) is 3.80. The van der Waals surface area contributed by atoms with Crippen LogP contribution in [0.25, 0.3) is 0 Å². The number of halogens is 2. The lowest BCUT2D eigenvalue weighted by molar-refractivity contribution is 0.152. The number of carbonyl (C=O) groups is 1. The lowest BCUT2D eigenvalue weighted by Crippen LogP contribution is -2.24. The monoisotopic (exact) mass is 390 g/mol. The van der Waals surface area contributed by atoms with Gasteiger partial charge in [-0.2, -0.15) is 5.10 Å². The van der Waals surface area contributed by atoms with Crippen molar-refractivity contribution < 1.29 is 9.53 Å². The number of hydrogen-bond donors (Lipinski definition) is 1. The Hall–Kier alpha value is -0.880. The van der Waals surface area contributed by atoms with Crippen LogP contribution < -0.4 is 5.43 Å². The Balaban J connectivity index is 2.63. The Labute approximate surface area is 129 Å². The molecule has 0 aliphatic heterocycles. The van der Waals surface area contributed by atoms with E-state index in [1.54, 1.807) is 6.92 Å². The van der Waals surface area contributed by atoms with Crippen LogP contribution in [0.4, 0.5) is 4.79 Å². The van der Waals surface area contributed by atoms with Gasteiger partial charge in [-0.05, 0) is 19.4 Å². The number of nitrogens with zero attached hydrogens (tertiary/aromatic N) is 1. The maximum absolute atomic E-state index is 11.1. The summed E-state index contributed by atoms with van der Waals surface area (Å²) in [6.07, 6.45) is -0.549. The molecule has 0 saturated carbocycles. The minimum Gasteiger partial charge on any atom is -0.449 e. The van der Waals surface area contributed by atoms with E-state index in [0.29, 0.717) is 6.61 Å². The molecular formula is C13H16Br2N2O2. The molecule has 0 fully saturated rings. The minimum absolute atomic E-state index is 0.0307. The highest BCUT2D eigenvalue weighted by Crippen LogP contribution is 2.31. The molecule has 1 aromatic carbocycles. The molecule has 0 saturated heterocycles. The van der Waals surface area contributed by atoms with Gasteiger partial charge in [-0.1, -0.05) is 62.2 Å². The average molecular weight is 392 g/mol. The van der Waals surface area contributed by atoms with Crippen molar-refractivity contribution in [3.63, 3.8) is 0 Å². The predicted molar refractivity (Wildman–Crippen MR) is 84.1 cm³/mol. The van der Waals surface area contributed by atoms with Crippen LogP contribution in [-0.4, -0.2) is 23.2 Å². The second-order valence-corrected chi connectivity index (χ2v) is 5.77. The summed E-state index contributed by atoms with van der Waals surface area (Å²) in [6, 6.07) is 9.98. The van der Waals surface area contributed by atoms with E-state index in [0.717, 1.165) is 11.3 Å². The average Bonchev–Trinajstić information content (AvgIpc) is 2.44. The van der Waals surface area contributed by atoms with Crippen LogP contribution in [0, 0.1) is 0 Å². The number of nitrogens with one attached hydrogen (secondary N) is 1. The molecule has 0 heterocycles. The molecule has 2 unspecified atom stereocenters. The number of alkyl halides is 2. The van der Waals surface area contributed by atoms with Gasteiger partial charge in [-0.25, -0.2) is 10.2 Å². The summed E-state index contributed by atoms with van der Waals surface area (Å²) in [6.45, 7) is 3.90. The van der Waals surface area contributed by atoms with Crippen molar-refractivity contribution in [2.24, 2.45) is 5.10 Å². The first-order valence-electron chi connectivity index (χ1n) is 5.86. The van der Waals surface area contributed by atoms with Crippen molar-refractivity contribution in [2.75, 3.05) is 6.61 Å². The number of ether oxygens (including phenoxy) is 1. The zero-order chi connectivity index (χ0) is 14.3. The summed E-state index contributed by atoms with van der Waals surface area (Å²) in [7, 11) is 0. The number of carbonyl (C=O) groups excluding carboxylic acids is 1. The van der Waals surface area contributed by atoms with Crippen LogP contribution >= 0.6 is 31.9 Å². The van der Waals surface area contributed by atoms with Gasteiger partial charge in [0, 0.05) is 0 Å². The number of hydrazone groups is 1. The van der Waals surface area contributed by atoms with E-state index in [1.807, 2.05) is 37.3 Å². The lowest BCUT2D eigenvalue weighted by atomic mass is 10.1. The van der Waals surface area contributed by atoms with E-state index in [-0.39, 0.29) is 9.65 Å². The fourth-order valence-corrected chi connectivity index (χ4v) is 2.47. The molecule has 6 heteroatoms. The number of benzene rings is 1. The van der Waals surface area contributed by atoms with E-state index in [9.17, 15) is 4.79 Å². The topological polar surface area (TPSA) is 50.7 Å². The van der Waals surface area contributed by atoms with Crippen molar-refractivity contribution in [3.8, 4) is 0 Å². The van der Waals surface area contributed by atoms with Crippen molar-refractivity contribution in [1.82, 2.24) is 5.43 Å². The lowest BCUT2D eigenvalue weighted by Gasteiger charge is -2.17. The molecule has 1 N–H and O–H groups in total. The normalized spacial score (nSPS) is 14.6. The fraction of sp³-hybridized carbons (Fsp3) is 0.385. The van der Waals surface area contributed by atoms with E-state index in [4.69, 9.17) is 4.74 Å². The van der Waals surface area contributed by atoms with Crippen LogP contribution in [0.2, 0.25) is 0 Å². The minimum atomic E-state index is -0.549. The third kappa shape index (κ3) is 5.32. The molecule has 4 nitrogen and oxygen atoms in total. The second kappa shape index (κ2) is 8.32. The summed E-state index contributed by atoms with van der Waals surface area (Å²) in [5, 5.41) is 4.00. The van der Waals surface area contributed by atoms with Crippen molar-refractivity contribution in [1.29, 1.82) is 0 Å². The van der Waals surface area contributed by atoms with Crippen molar-refractivity contribution in [3.05, 3.63) is 35.9 Å². The summed E-state index contributed by atoms with van der Waals surface area (Å²) < 4.78 is 4.73. The van der Waals surface area contributed by atoms with Crippen LogP contribution in [-0.2, 0) is 4.74 Å². The zero-order valence-electron chi connectivity index (χ0n) is 10.8. The Bertz CT molecular complexity index is 438. The van der Waals surface area contributed by atoms with E-state index in [1.165, 1.54) is 0 Å². The summed E-state index contributed by atoms with van der Waals surface area (Å²) in [4.78, 5) is 11.2. The number of hydrogen-bond acceptors (Lipinski definition) is 3. The molecule has 1 rings (SSSR count). The molecular weight excluding hydrogens is 376 g/mol. The molecule has 19 heavy (non-hydrogen) atoms. The molecule has 0 aliphatic carbocycles. The zero-order valence-corrected chi connectivity index (χ0v) is 13.9. The van der Waals surface area contributed by atoms with Gasteiger partial charge in [-0.15, -0.1) is 0 Å². The smallest absolute Gasteiger partial charge is 0.427 e. The molecule has 0 aliphatic rings. The number of rotatable bonds is 5. The maximum Gasteiger partial charge on any atom is 0.427 e. The molecule has 0 bridgehead atoms. The van der Waals surface area contributed by atoms with Gasteiger partial charge in [0.15, 0.2) is 0 Å². The van der Waals surface area contributed by atoms with Crippen LogP contribution in [0.5, 0.6) is 0 Å². The third-order valence-electron chi connectivity index (χ3n) is 2.37. The van der Waals surface area contributed by atoms with E-state index < -0.39 is 6.09 Å². The van der Waals surface area contributed by atoms with Gasteiger partial charge in [0.05, 0.1) is 22.0 Å². The quantitative estimate of drug-likeness (QED) is 0.468. The van der Waals surface area contributed by atoms with Gasteiger partial charge in [0.25, 0.3) is 0 Å². The Morgan fingerprint density at radius 2 is 2.00 bits per heavy atom. The van der Waals surface area contributed by atoms with Crippen LogP contribution in [0.1, 0.15) is 24.2 Å².